The number of aryl methyl sites for hydroxylation is 1. The first-order valence-corrected chi connectivity index (χ1v) is 8.53. The molecule has 0 spiro atoms. The topological polar surface area (TPSA) is 63.4 Å². The van der Waals surface area contributed by atoms with Crippen LogP contribution in [0.1, 0.15) is 23.4 Å². The number of nitrogens with two attached hydrogens (primary N) is 1. The maximum absolute atomic E-state index is 12.7. The first-order valence-electron chi connectivity index (χ1n) is 6.21. The van der Waals surface area contributed by atoms with Crippen LogP contribution in [-0.2, 0) is 10.0 Å². The summed E-state index contributed by atoms with van der Waals surface area (Å²) in [6.07, 6.45) is 0. The Morgan fingerprint density at radius 2 is 2.00 bits per heavy atom. The predicted octanol–water partition coefficient (Wildman–Crippen LogP) is 3.02. The molecule has 108 valence electrons. The summed E-state index contributed by atoms with van der Waals surface area (Å²) in [4.78, 5) is 1.16. The lowest BCUT2D eigenvalue weighted by Crippen LogP contribution is -2.30. The first kappa shape index (κ1) is 15.0. The molecular weight excluding hydrogens is 292 g/mol. The van der Waals surface area contributed by atoms with Crippen molar-refractivity contribution in [3.8, 4) is 0 Å². The molecule has 4 nitrogen and oxygen atoms in total. The van der Waals surface area contributed by atoms with Gasteiger partial charge >= 0.3 is 0 Å². The fraction of sp³-hybridized carbons (Fsp3) is 0.286. The highest BCUT2D eigenvalue weighted by molar-refractivity contribution is 7.89. The molecule has 0 fully saturated rings. The lowest BCUT2D eigenvalue weighted by Gasteiger charge is -2.24. The second-order valence-electron chi connectivity index (χ2n) is 4.75. The van der Waals surface area contributed by atoms with Crippen LogP contribution in [0.25, 0.3) is 0 Å². The highest BCUT2D eigenvalue weighted by atomic mass is 32.2. The van der Waals surface area contributed by atoms with Crippen LogP contribution in [0.5, 0.6) is 0 Å². The fourth-order valence-electron chi connectivity index (χ4n) is 1.97. The number of nitrogens with zero attached hydrogens (tertiary/aromatic N) is 1. The normalized spacial score (nSPS) is 13.6. The van der Waals surface area contributed by atoms with Gasteiger partial charge < -0.3 is 5.73 Å². The monoisotopic (exact) mass is 310 g/mol. The van der Waals surface area contributed by atoms with E-state index in [1.54, 1.807) is 25.2 Å². The van der Waals surface area contributed by atoms with Crippen LogP contribution >= 0.6 is 11.3 Å². The van der Waals surface area contributed by atoms with Gasteiger partial charge in [0.15, 0.2) is 0 Å². The Balaban J connectivity index is 2.39. The van der Waals surface area contributed by atoms with E-state index in [0.29, 0.717) is 0 Å². The van der Waals surface area contributed by atoms with Gasteiger partial charge in [-0.2, -0.15) is 4.31 Å². The number of hydrogen-bond acceptors (Lipinski definition) is 4. The van der Waals surface area contributed by atoms with E-state index in [-0.39, 0.29) is 16.6 Å². The van der Waals surface area contributed by atoms with Crippen molar-refractivity contribution in [2.24, 2.45) is 0 Å². The molecule has 0 aliphatic carbocycles. The van der Waals surface area contributed by atoms with Gasteiger partial charge in [-0.15, -0.1) is 11.3 Å². The number of nitrogen functional groups attached to an aromatic ring is 1. The molecule has 20 heavy (non-hydrogen) atoms. The summed E-state index contributed by atoms with van der Waals surface area (Å²) in [6, 6.07) is 8.62. The number of thiophene rings is 1. The first-order chi connectivity index (χ1) is 9.34. The smallest absolute Gasteiger partial charge is 0.245 e. The minimum atomic E-state index is -3.60. The molecule has 0 aliphatic rings. The third kappa shape index (κ3) is 2.72. The largest absolute Gasteiger partial charge is 0.398 e. The molecule has 1 aromatic carbocycles. The van der Waals surface area contributed by atoms with Gasteiger partial charge in [0.05, 0.1) is 11.7 Å². The van der Waals surface area contributed by atoms with Gasteiger partial charge in [0.25, 0.3) is 0 Å². The Morgan fingerprint density at radius 1 is 1.30 bits per heavy atom. The summed E-state index contributed by atoms with van der Waals surface area (Å²) in [5.41, 5.74) is 7.09. The number of anilines is 1. The predicted molar refractivity (Wildman–Crippen MR) is 83.3 cm³/mol. The van der Waals surface area contributed by atoms with Crippen LogP contribution < -0.4 is 5.73 Å². The second-order valence-corrected chi connectivity index (χ2v) is 7.70. The van der Waals surface area contributed by atoms with Crippen molar-refractivity contribution in [2.45, 2.75) is 24.8 Å². The van der Waals surface area contributed by atoms with E-state index in [9.17, 15) is 8.42 Å². The van der Waals surface area contributed by atoms with Gasteiger partial charge in [0.1, 0.15) is 4.90 Å². The summed E-state index contributed by atoms with van der Waals surface area (Å²) in [7, 11) is -2.01. The zero-order chi connectivity index (χ0) is 14.9. The van der Waals surface area contributed by atoms with E-state index in [0.717, 1.165) is 10.4 Å². The van der Waals surface area contributed by atoms with Gasteiger partial charge in [0, 0.05) is 11.9 Å². The Labute approximate surface area is 123 Å². The Hall–Kier alpha value is -1.37. The molecule has 1 aromatic heterocycles. The van der Waals surface area contributed by atoms with Crippen molar-refractivity contribution in [3.63, 3.8) is 0 Å². The molecule has 6 heteroatoms. The zero-order valence-electron chi connectivity index (χ0n) is 11.7. The van der Waals surface area contributed by atoms with Crippen molar-refractivity contribution in [3.05, 3.63) is 46.2 Å². The Morgan fingerprint density at radius 3 is 2.55 bits per heavy atom. The molecule has 2 aromatic rings. The molecule has 0 bridgehead atoms. The third-order valence-corrected chi connectivity index (χ3v) is 6.37. The maximum Gasteiger partial charge on any atom is 0.245 e. The van der Waals surface area contributed by atoms with Gasteiger partial charge in [-0.05, 0) is 43.0 Å². The van der Waals surface area contributed by atoms with E-state index in [1.807, 2.05) is 31.4 Å². The van der Waals surface area contributed by atoms with Crippen LogP contribution in [-0.4, -0.2) is 19.8 Å². The molecule has 2 N–H and O–H groups in total. The van der Waals surface area contributed by atoms with E-state index in [4.69, 9.17) is 5.73 Å². The number of hydrogen-bond donors (Lipinski definition) is 1. The summed E-state index contributed by atoms with van der Waals surface area (Å²) >= 11 is 1.54. The van der Waals surface area contributed by atoms with Crippen molar-refractivity contribution < 1.29 is 8.42 Å². The molecular formula is C14H18N2O2S2. The zero-order valence-corrected chi connectivity index (χ0v) is 13.3. The molecule has 0 amide bonds. The summed E-state index contributed by atoms with van der Waals surface area (Å²) in [5, 5.41) is 1.94. The highest BCUT2D eigenvalue weighted by Crippen LogP contribution is 2.30. The van der Waals surface area contributed by atoms with Gasteiger partial charge in [-0.25, -0.2) is 8.42 Å². The third-order valence-electron chi connectivity index (χ3n) is 3.32. The van der Waals surface area contributed by atoms with Gasteiger partial charge in [-0.3, -0.25) is 0 Å². The average molecular weight is 310 g/mol. The van der Waals surface area contributed by atoms with Crippen LogP contribution in [0, 0.1) is 6.92 Å². The van der Waals surface area contributed by atoms with Crippen molar-refractivity contribution in [2.75, 3.05) is 12.8 Å². The molecule has 1 unspecified atom stereocenters. The average Bonchev–Trinajstić information content (AvgIpc) is 2.90. The molecule has 0 saturated carbocycles. The highest BCUT2D eigenvalue weighted by Gasteiger charge is 2.28. The molecule has 1 atom stereocenters. The lowest BCUT2D eigenvalue weighted by atomic mass is 10.2. The fourth-order valence-corrected chi connectivity index (χ4v) is 4.30. The number of sulfonamides is 1. The van der Waals surface area contributed by atoms with Crippen LogP contribution in [0.3, 0.4) is 0 Å². The molecule has 0 saturated heterocycles. The quantitative estimate of drug-likeness (QED) is 0.883. The molecule has 2 rings (SSSR count). The minimum Gasteiger partial charge on any atom is -0.398 e. The molecule has 0 aliphatic heterocycles. The van der Waals surface area contributed by atoms with E-state index >= 15 is 0 Å². The van der Waals surface area contributed by atoms with Crippen molar-refractivity contribution in [1.29, 1.82) is 0 Å². The SMILES string of the molecule is Cc1ccc(S(=O)(=O)N(C)C(C)c2cccs2)c(N)c1. The number of benzene rings is 1. The standard InChI is InChI=1S/C14H18N2O2S2/c1-10-6-7-14(12(15)9-10)20(17,18)16(3)11(2)13-5-4-8-19-13/h4-9,11H,15H2,1-3H3. The summed E-state index contributed by atoms with van der Waals surface area (Å²) in [6.45, 7) is 3.75. The van der Waals surface area contributed by atoms with Crippen LogP contribution in [0.2, 0.25) is 0 Å². The van der Waals surface area contributed by atoms with E-state index < -0.39 is 10.0 Å². The summed E-state index contributed by atoms with van der Waals surface area (Å²) in [5.74, 6) is 0. The molecule has 1 heterocycles. The van der Waals surface area contributed by atoms with Crippen LogP contribution in [0.4, 0.5) is 5.69 Å². The Kier molecular flexibility index (Phi) is 4.17. The van der Waals surface area contributed by atoms with E-state index in [1.165, 1.54) is 15.6 Å². The lowest BCUT2D eigenvalue weighted by molar-refractivity contribution is 0.403. The van der Waals surface area contributed by atoms with Crippen LogP contribution in [0.15, 0.2) is 40.6 Å². The second kappa shape index (κ2) is 5.55. The Bertz CT molecular complexity index is 694. The minimum absolute atomic E-state index is 0.161. The summed E-state index contributed by atoms with van der Waals surface area (Å²) < 4.78 is 26.7. The van der Waals surface area contributed by atoms with Crippen molar-refractivity contribution >= 4 is 27.0 Å². The molecule has 0 radical (unpaired) electrons. The maximum atomic E-state index is 12.7. The van der Waals surface area contributed by atoms with Crippen molar-refractivity contribution in [1.82, 2.24) is 4.31 Å². The van der Waals surface area contributed by atoms with E-state index in [2.05, 4.69) is 0 Å². The van der Waals surface area contributed by atoms with Gasteiger partial charge in [-0.1, -0.05) is 12.1 Å². The number of rotatable bonds is 4. The van der Waals surface area contributed by atoms with Gasteiger partial charge in [0.2, 0.25) is 10.0 Å².